The lowest BCUT2D eigenvalue weighted by molar-refractivity contribution is -0.116. The van der Waals surface area contributed by atoms with Gasteiger partial charge in [-0.15, -0.1) is 0 Å². The van der Waals surface area contributed by atoms with E-state index >= 15 is 0 Å². The number of amides is 1. The van der Waals surface area contributed by atoms with Gasteiger partial charge >= 0.3 is 0 Å². The number of benzene rings is 2. The Morgan fingerprint density at radius 2 is 1.86 bits per heavy atom. The van der Waals surface area contributed by atoms with E-state index in [1.165, 1.54) is 23.9 Å². The Hall–Kier alpha value is -2.85. The second kappa shape index (κ2) is 8.66. The molecule has 10 heteroatoms. The van der Waals surface area contributed by atoms with Crippen molar-refractivity contribution in [3.05, 3.63) is 64.9 Å². The van der Waals surface area contributed by atoms with Crippen molar-refractivity contribution in [2.75, 3.05) is 17.1 Å². The van der Waals surface area contributed by atoms with Gasteiger partial charge in [0.25, 0.3) is 10.0 Å². The van der Waals surface area contributed by atoms with Gasteiger partial charge < -0.3 is 10.1 Å². The topological polar surface area (TPSA) is 102 Å². The molecule has 0 aliphatic heterocycles. The number of carbonyl (C=O) groups excluding carboxylic acids is 1. The predicted octanol–water partition coefficient (Wildman–Crippen LogP) is 3.40. The van der Waals surface area contributed by atoms with Crippen LogP contribution < -0.4 is 14.8 Å². The number of hydrogen-bond acceptors (Lipinski definition) is 5. The van der Waals surface area contributed by atoms with Crippen LogP contribution in [0.4, 0.5) is 11.4 Å². The number of nitrogens with zero attached hydrogens (tertiary/aromatic N) is 2. The summed E-state index contributed by atoms with van der Waals surface area (Å²) in [6.45, 7) is 1.89. The quantitative estimate of drug-likeness (QED) is 0.541. The lowest BCUT2D eigenvalue weighted by atomic mass is 10.3. The van der Waals surface area contributed by atoms with Gasteiger partial charge in [-0.3, -0.25) is 14.2 Å². The molecule has 0 atom stereocenters. The number of sulfonamides is 1. The first-order valence-electron chi connectivity index (χ1n) is 8.52. The normalized spacial score (nSPS) is 11.1. The minimum Gasteiger partial charge on any atom is -0.495 e. The highest BCUT2D eigenvalue weighted by molar-refractivity contribution is 9.10. The Kier molecular flexibility index (Phi) is 6.23. The summed E-state index contributed by atoms with van der Waals surface area (Å²) in [6, 6.07) is 11.1. The maximum absolute atomic E-state index is 12.9. The van der Waals surface area contributed by atoms with E-state index in [9.17, 15) is 13.2 Å². The number of methoxy groups -OCH3 is 1. The summed E-state index contributed by atoms with van der Waals surface area (Å²) in [5, 5.41) is 6.74. The molecule has 0 saturated heterocycles. The van der Waals surface area contributed by atoms with Crippen molar-refractivity contribution in [2.24, 2.45) is 0 Å². The van der Waals surface area contributed by atoms with Crippen molar-refractivity contribution in [1.82, 2.24) is 9.78 Å². The number of nitrogens with one attached hydrogen (secondary N) is 2. The van der Waals surface area contributed by atoms with Crippen LogP contribution in [0.2, 0.25) is 0 Å². The molecule has 29 heavy (non-hydrogen) atoms. The predicted molar refractivity (Wildman–Crippen MR) is 114 cm³/mol. The summed E-state index contributed by atoms with van der Waals surface area (Å²) in [6.07, 6.45) is 3.39. The molecule has 0 radical (unpaired) electrons. The van der Waals surface area contributed by atoms with Crippen LogP contribution in [0.3, 0.4) is 0 Å². The average Bonchev–Trinajstić information content (AvgIpc) is 3.08. The van der Waals surface area contributed by atoms with Gasteiger partial charge in [0.1, 0.15) is 17.2 Å². The van der Waals surface area contributed by atoms with E-state index in [4.69, 9.17) is 4.74 Å². The van der Waals surface area contributed by atoms with Crippen molar-refractivity contribution < 1.29 is 17.9 Å². The summed E-state index contributed by atoms with van der Waals surface area (Å²) < 4.78 is 35.8. The standard InChI is InChI=1S/C19H19BrN4O4S/c1-13-10-21-24(11-13)12-19(25)22-16-7-8-17(28-2)18(9-16)29(26,27)23-15-5-3-14(20)4-6-15/h3-11,23H,12H2,1-2H3,(H,22,25). The van der Waals surface area contributed by atoms with E-state index in [0.717, 1.165) is 10.0 Å². The third-order valence-corrected chi connectivity index (χ3v) is 5.83. The fourth-order valence-corrected chi connectivity index (χ4v) is 4.11. The molecule has 0 unspecified atom stereocenters. The number of anilines is 2. The minimum atomic E-state index is -3.94. The lowest BCUT2D eigenvalue weighted by Gasteiger charge is -2.14. The summed E-state index contributed by atoms with van der Waals surface area (Å²) in [4.78, 5) is 12.2. The Morgan fingerprint density at radius 1 is 1.17 bits per heavy atom. The molecule has 152 valence electrons. The van der Waals surface area contributed by atoms with Crippen LogP contribution in [0, 0.1) is 6.92 Å². The fourth-order valence-electron chi connectivity index (χ4n) is 2.59. The number of aryl methyl sites for hydroxylation is 1. The number of aromatic nitrogens is 2. The van der Waals surface area contributed by atoms with Crippen LogP contribution in [-0.4, -0.2) is 31.2 Å². The molecule has 0 bridgehead atoms. The minimum absolute atomic E-state index is 0.0130. The highest BCUT2D eigenvalue weighted by atomic mass is 79.9. The summed E-state index contributed by atoms with van der Waals surface area (Å²) in [5.41, 5.74) is 1.67. The summed E-state index contributed by atoms with van der Waals surface area (Å²) in [7, 11) is -2.56. The monoisotopic (exact) mass is 478 g/mol. The van der Waals surface area contributed by atoms with E-state index in [1.54, 1.807) is 42.7 Å². The molecule has 0 saturated carbocycles. The summed E-state index contributed by atoms with van der Waals surface area (Å²) in [5.74, 6) is -0.169. The Balaban J connectivity index is 1.82. The highest BCUT2D eigenvalue weighted by Gasteiger charge is 2.21. The average molecular weight is 479 g/mol. The van der Waals surface area contributed by atoms with Crippen molar-refractivity contribution >= 4 is 43.2 Å². The van der Waals surface area contributed by atoms with Crippen molar-refractivity contribution in [2.45, 2.75) is 18.4 Å². The first-order chi connectivity index (χ1) is 13.8. The molecule has 0 aliphatic carbocycles. The molecule has 2 N–H and O–H groups in total. The van der Waals surface area contributed by atoms with Crippen molar-refractivity contribution in [3.8, 4) is 5.75 Å². The number of carbonyl (C=O) groups is 1. The van der Waals surface area contributed by atoms with E-state index in [2.05, 4.69) is 31.1 Å². The molecular formula is C19H19BrN4O4S. The van der Waals surface area contributed by atoms with E-state index in [1.807, 2.05) is 6.92 Å². The highest BCUT2D eigenvalue weighted by Crippen LogP contribution is 2.29. The second-order valence-corrected chi connectivity index (χ2v) is 8.81. The Bertz CT molecular complexity index is 1130. The van der Waals surface area contributed by atoms with Gasteiger partial charge in [-0.1, -0.05) is 15.9 Å². The molecule has 3 aromatic rings. The Morgan fingerprint density at radius 3 is 2.48 bits per heavy atom. The van der Waals surface area contributed by atoms with Gasteiger partial charge in [-0.05, 0) is 55.0 Å². The number of rotatable bonds is 7. The molecule has 8 nitrogen and oxygen atoms in total. The third-order valence-electron chi connectivity index (χ3n) is 3.90. The van der Waals surface area contributed by atoms with Gasteiger partial charge in [0.15, 0.2) is 0 Å². The van der Waals surface area contributed by atoms with Crippen LogP contribution in [0.25, 0.3) is 0 Å². The first-order valence-corrected chi connectivity index (χ1v) is 10.8. The van der Waals surface area contributed by atoms with E-state index < -0.39 is 10.0 Å². The number of halogens is 1. The summed E-state index contributed by atoms with van der Waals surface area (Å²) >= 11 is 3.31. The molecular weight excluding hydrogens is 460 g/mol. The first kappa shape index (κ1) is 20.9. The molecule has 1 heterocycles. The SMILES string of the molecule is COc1ccc(NC(=O)Cn2cc(C)cn2)cc1S(=O)(=O)Nc1ccc(Br)cc1. The zero-order valence-electron chi connectivity index (χ0n) is 15.7. The maximum atomic E-state index is 12.9. The van der Waals surface area contributed by atoms with Crippen LogP contribution in [0.5, 0.6) is 5.75 Å². The maximum Gasteiger partial charge on any atom is 0.265 e. The molecule has 0 spiro atoms. The Labute approximate surface area is 177 Å². The largest absolute Gasteiger partial charge is 0.495 e. The van der Waals surface area contributed by atoms with Gasteiger partial charge in [-0.25, -0.2) is 8.42 Å². The molecule has 0 fully saturated rings. The fraction of sp³-hybridized carbons (Fsp3) is 0.158. The van der Waals surface area contributed by atoms with Crippen molar-refractivity contribution in [3.63, 3.8) is 0 Å². The molecule has 1 aromatic heterocycles. The smallest absolute Gasteiger partial charge is 0.265 e. The molecule has 0 aliphatic rings. The van der Waals surface area contributed by atoms with E-state index in [0.29, 0.717) is 11.4 Å². The van der Waals surface area contributed by atoms with Crippen LogP contribution in [-0.2, 0) is 21.4 Å². The molecule has 3 rings (SSSR count). The lowest BCUT2D eigenvalue weighted by Crippen LogP contribution is -2.20. The zero-order valence-corrected chi connectivity index (χ0v) is 18.1. The van der Waals surface area contributed by atoms with Gasteiger partial charge in [0.2, 0.25) is 5.91 Å². The van der Waals surface area contributed by atoms with Gasteiger partial charge in [-0.2, -0.15) is 5.10 Å². The van der Waals surface area contributed by atoms with Gasteiger partial charge in [0.05, 0.1) is 13.3 Å². The molecule has 1 amide bonds. The third kappa shape index (κ3) is 5.36. The van der Waals surface area contributed by atoms with Crippen LogP contribution in [0.1, 0.15) is 5.56 Å². The van der Waals surface area contributed by atoms with Crippen LogP contribution in [0.15, 0.2) is 64.2 Å². The molecule has 2 aromatic carbocycles. The zero-order chi connectivity index (χ0) is 21.0. The van der Waals surface area contributed by atoms with Gasteiger partial charge in [0, 0.05) is 22.0 Å². The van der Waals surface area contributed by atoms with Crippen molar-refractivity contribution in [1.29, 1.82) is 0 Å². The number of ether oxygens (including phenoxy) is 1. The second-order valence-electron chi connectivity index (χ2n) is 6.24. The van der Waals surface area contributed by atoms with Crippen LogP contribution >= 0.6 is 15.9 Å². The van der Waals surface area contributed by atoms with E-state index in [-0.39, 0.29) is 23.1 Å². The number of hydrogen-bond donors (Lipinski definition) is 2.